The molecule has 4 heteroatoms. The summed E-state index contributed by atoms with van der Waals surface area (Å²) < 4.78 is 4.85. The monoisotopic (exact) mass is 178 g/mol. The van der Waals surface area contributed by atoms with E-state index in [4.69, 9.17) is 16.3 Å². The third-order valence-electron chi connectivity index (χ3n) is 1.81. The number of aliphatic hydroxyl groups excluding tert-OH is 1. The molecule has 0 aromatic heterocycles. The molecule has 0 aromatic carbocycles. The van der Waals surface area contributed by atoms with Crippen molar-refractivity contribution in [3.63, 3.8) is 0 Å². The molecule has 1 aliphatic rings. The minimum Gasteiger partial charge on any atom is -0.459 e. The second-order valence-electron chi connectivity index (χ2n) is 2.66. The number of esters is 1. The molecule has 0 unspecified atom stereocenters. The van der Waals surface area contributed by atoms with Crippen LogP contribution in [0.2, 0.25) is 0 Å². The van der Waals surface area contributed by atoms with Crippen molar-refractivity contribution in [2.45, 2.75) is 31.5 Å². The molecule has 1 N–H and O–H groups in total. The predicted molar refractivity (Wildman–Crippen MR) is 40.5 cm³/mol. The van der Waals surface area contributed by atoms with E-state index in [1.807, 2.05) is 0 Å². The first-order valence-corrected chi connectivity index (χ1v) is 4.21. The van der Waals surface area contributed by atoms with Gasteiger partial charge in [-0.15, -0.1) is 11.6 Å². The highest BCUT2D eigenvalue weighted by Gasteiger charge is 2.28. The van der Waals surface area contributed by atoms with Crippen LogP contribution in [0.5, 0.6) is 0 Å². The number of carbonyl (C=O) groups excluding carboxylic acids is 1. The Kier molecular flexibility index (Phi) is 3.15. The van der Waals surface area contributed by atoms with Gasteiger partial charge in [0.05, 0.1) is 6.10 Å². The zero-order chi connectivity index (χ0) is 8.27. The number of aliphatic hydroxyl groups is 1. The molecular formula is C7H11ClO3. The largest absolute Gasteiger partial charge is 0.459 e. The minimum absolute atomic E-state index is 0.136. The maximum atomic E-state index is 10.6. The van der Waals surface area contributed by atoms with Crippen LogP contribution >= 0.6 is 11.6 Å². The third kappa shape index (κ3) is 2.34. The normalized spacial score (nSPS) is 30.4. The van der Waals surface area contributed by atoms with E-state index in [2.05, 4.69) is 0 Å². The smallest absolute Gasteiger partial charge is 0.321 e. The number of rotatable bonds is 2. The summed E-state index contributed by atoms with van der Waals surface area (Å²) in [5.41, 5.74) is 0. The second-order valence-corrected chi connectivity index (χ2v) is 2.93. The molecule has 1 saturated carbocycles. The summed E-state index contributed by atoms with van der Waals surface area (Å²) in [5, 5.41) is 9.21. The fraction of sp³-hybridized carbons (Fsp3) is 0.857. The van der Waals surface area contributed by atoms with Crippen molar-refractivity contribution in [3.05, 3.63) is 0 Å². The number of hydrogen-bond donors (Lipinski definition) is 1. The van der Waals surface area contributed by atoms with E-state index in [0.717, 1.165) is 19.3 Å². The summed E-state index contributed by atoms with van der Waals surface area (Å²) in [6.45, 7) is 0. The quantitative estimate of drug-likeness (QED) is 0.500. The summed E-state index contributed by atoms with van der Waals surface area (Å²) in [5.74, 6) is -0.582. The Labute approximate surface area is 70.3 Å². The lowest BCUT2D eigenvalue weighted by Crippen LogP contribution is -2.26. The van der Waals surface area contributed by atoms with Gasteiger partial charge < -0.3 is 9.84 Å². The van der Waals surface area contributed by atoms with Gasteiger partial charge in [0, 0.05) is 0 Å². The SMILES string of the molecule is O=C(CCl)O[C@H]1CCC[C@@H]1O. The van der Waals surface area contributed by atoms with Crippen LogP contribution in [0.25, 0.3) is 0 Å². The molecule has 0 amide bonds. The molecule has 2 atom stereocenters. The lowest BCUT2D eigenvalue weighted by atomic mass is 10.3. The van der Waals surface area contributed by atoms with Crippen LogP contribution in [0.4, 0.5) is 0 Å². The zero-order valence-electron chi connectivity index (χ0n) is 6.12. The fourth-order valence-corrected chi connectivity index (χ4v) is 1.31. The molecule has 1 rings (SSSR count). The minimum atomic E-state index is -0.484. The van der Waals surface area contributed by atoms with Gasteiger partial charge >= 0.3 is 5.97 Å². The molecule has 0 spiro atoms. The van der Waals surface area contributed by atoms with E-state index in [9.17, 15) is 9.90 Å². The molecule has 11 heavy (non-hydrogen) atoms. The number of hydrogen-bond acceptors (Lipinski definition) is 3. The van der Waals surface area contributed by atoms with Crippen LogP contribution in [0.1, 0.15) is 19.3 Å². The summed E-state index contributed by atoms with van der Waals surface area (Å²) in [6.07, 6.45) is 1.59. The molecule has 0 bridgehead atoms. The maximum absolute atomic E-state index is 10.6. The first-order chi connectivity index (χ1) is 5.24. The molecule has 0 aromatic rings. The van der Waals surface area contributed by atoms with Crippen LogP contribution in [-0.4, -0.2) is 29.2 Å². The number of alkyl halides is 1. The highest BCUT2D eigenvalue weighted by molar-refractivity contribution is 6.26. The highest BCUT2D eigenvalue weighted by atomic mass is 35.5. The molecule has 64 valence electrons. The Morgan fingerprint density at radius 1 is 1.64 bits per heavy atom. The molecule has 0 saturated heterocycles. The van der Waals surface area contributed by atoms with Gasteiger partial charge in [-0.1, -0.05) is 0 Å². The van der Waals surface area contributed by atoms with E-state index in [1.165, 1.54) is 0 Å². The first kappa shape index (κ1) is 8.81. The fourth-order valence-electron chi connectivity index (χ4n) is 1.24. The van der Waals surface area contributed by atoms with Crippen LogP contribution in [-0.2, 0) is 9.53 Å². The maximum Gasteiger partial charge on any atom is 0.321 e. The molecule has 0 aliphatic heterocycles. The van der Waals surface area contributed by atoms with Crippen LogP contribution in [0.3, 0.4) is 0 Å². The zero-order valence-corrected chi connectivity index (χ0v) is 6.88. The van der Waals surface area contributed by atoms with Crippen molar-refractivity contribution in [2.24, 2.45) is 0 Å². The molecule has 0 radical (unpaired) electrons. The summed E-state index contributed by atoms with van der Waals surface area (Å²) in [7, 11) is 0. The van der Waals surface area contributed by atoms with Crippen LogP contribution in [0, 0.1) is 0 Å². The average Bonchev–Trinajstić information content (AvgIpc) is 2.37. The molecule has 3 nitrogen and oxygen atoms in total. The molecule has 0 heterocycles. The predicted octanol–water partition coefficient (Wildman–Crippen LogP) is 0.682. The van der Waals surface area contributed by atoms with Crippen LogP contribution in [0.15, 0.2) is 0 Å². The number of carbonyl (C=O) groups is 1. The lowest BCUT2D eigenvalue weighted by Gasteiger charge is -2.14. The Hall–Kier alpha value is -0.280. The van der Waals surface area contributed by atoms with E-state index >= 15 is 0 Å². The van der Waals surface area contributed by atoms with Crippen molar-refractivity contribution in [3.8, 4) is 0 Å². The summed E-state index contributed by atoms with van der Waals surface area (Å²) >= 11 is 5.22. The summed E-state index contributed by atoms with van der Waals surface area (Å²) in [4.78, 5) is 10.6. The van der Waals surface area contributed by atoms with E-state index in [-0.39, 0.29) is 12.0 Å². The van der Waals surface area contributed by atoms with Gasteiger partial charge in [0.15, 0.2) is 0 Å². The van der Waals surface area contributed by atoms with Gasteiger partial charge in [-0.25, -0.2) is 0 Å². The van der Waals surface area contributed by atoms with Crippen molar-refractivity contribution >= 4 is 17.6 Å². The number of halogens is 1. The summed E-state index contributed by atoms with van der Waals surface area (Å²) in [6, 6.07) is 0. The van der Waals surface area contributed by atoms with Gasteiger partial charge in [-0.05, 0) is 19.3 Å². The Bertz CT molecular complexity index is 149. The molecule has 1 aliphatic carbocycles. The van der Waals surface area contributed by atoms with Gasteiger partial charge in [0.2, 0.25) is 0 Å². The van der Waals surface area contributed by atoms with E-state index in [1.54, 1.807) is 0 Å². The van der Waals surface area contributed by atoms with Gasteiger partial charge in [-0.3, -0.25) is 4.79 Å². The second kappa shape index (κ2) is 3.93. The Morgan fingerprint density at radius 3 is 2.82 bits per heavy atom. The Morgan fingerprint density at radius 2 is 2.36 bits per heavy atom. The van der Waals surface area contributed by atoms with Crippen molar-refractivity contribution in [1.82, 2.24) is 0 Å². The van der Waals surface area contributed by atoms with Crippen LogP contribution < -0.4 is 0 Å². The average molecular weight is 179 g/mol. The van der Waals surface area contributed by atoms with E-state index in [0.29, 0.717) is 0 Å². The van der Waals surface area contributed by atoms with Gasteiger partial charge in [-0.2, -0.15) is 0 Å². The number of ether oxygens (including phenoxy) is 1. The van der Waals surface area contributed by atoms with Crippen molar-refractivity contribution < 1.29 is 14.6 Å². The Balaban J connectivity index is 2.30. The van der Waals surface area contributed by atoms with Gasteiger partial charge in [0.25, 0.3) is 0 Å². The van der Waals surface area contributed by atoms with E-state index < -0.39 is 12.1 Å². The van der Waals surface area contributed by atoms with Crippen molar-refractivity contribution in [2.75, 3.05) is 5.88 Å². The topological polar surface area (TPSA) is 46.5 Å². The standard InChI is InChI=1S/C7H11ClO3/c8-4-7(10)11-6-3-1-2-5(6)9/h5-6,9H,1-4H2/t5-,6-/m0/s1. The molecular weight excluding hydrogens is 168 g/mol. The third-order valence-corrected chi connectivity index (χ3v) is 2.03. The molecule has 1 fully saturated rings. The highest BCUT2D eigenvalue weighted by Crippen LogP contribution is 2.21. The van der Waals surface area contributed by atoms with Crippen molar-refractivity contribution in [1.29, 1.82) is 0 Å². The first-order valence-electron chi connectivity index (χ1n) is 3.67. The van der Waals surface area contributed by atoms with Gasteiger partial charge in [0.1, 0.15) is 12.0 Å². The lowest BCUT2D eigenvalue weighted by molar-refractivity contribution is -0.150.